The third kappa shape index (κ3) is 3.44. The number of rotatable bonds is 6. The van der Waals surface area contributed by atoms with E-state index in [9.17, 15) is 0 Å². The molecule has 2 aromatic rings. The van der Waals surface area contributed by atoms with Gasteiger partial charge >= 0.3 is 0 Å². The van der Waals surface area contributed by atoms with E-state index in [1.807, 2.05) is 0 Å². The number of ether oxygens (including phenoxy) is 2. The average Bonchev–Trinajstić information content (AvgIpc) is 3.10. The molecule has 1 aliphatic heterocycles. The van der Waals surface area contributed by atoms with Crippen LogP contribution >= 0.6 is 11.3 Å². The molecule has 0 aliphatic carbocycles. The zero-order chi connectivity index (χ0) is 14.7. The van der Waals surface area contributed by atoms with Crippen molar-refractivity contribution in [3.8, 4) is 5.88 Å². The summed E-state index contributed by atoms with van der Waals surface area (Å²) in [5.74, 6) is 1.31. The van der Waals surface area contributed by atoms with E-state index >= 15 is 0 Å². The molecule has 2 aromatic heterocycles. The second kappa shape index (κ2) is 6.58. The topological polar surface area (TPSA) is 56.3 Å². The van der Waals surface area contributed by atoms with Crippen LogP contribution in [0.5, 0.6) is 5.88 Å². The molecule has 1 atom stereocenters. The Labute approximate surface area is 128 Å². The average molecular weight is 307 g/mol. The fourth-order valence-electron chi connectivity index (χ4n) is 2.39. The van der Waals surface area contributed by atoms with Crippen molar-refractivity contribution in [2.45, 2.75) is 39.2 Å². The molecule has 0 amide bonds. The van der Waals surface area contributed by atoms with E-state index < -0.39 is 0 Å². The minimum atomic E-state index is 0.196. The molecule has 1 saturated heterocycles. The first-order valence-corrected chi connectivity index (χ1v) is 8.34. The van der Waals surface area contributed by atoms with Crippen LogP contribution in [0.1, 0.15) is 31.1 Å². The van der Waals surface area contributed by atoms with Crippen LogP contribution in [-0.2, 0) is 4.74 Å². The Hall–Kier alpha value is -1.40. The monoisotopic (exact) mass is 307 g/mol. The number of nitrogens with one attached hydrogen (secondary N) is 1. The molecule has 0 aromatic carbocycles. The molecule has 0 radical (unpaired) electrons. The maximum Gasteiger partial charge on any atom is 0.227 e. The Morgan fingerprint density at radius 2 is 2.38 bits per heavy atom. The van der Waals surface area contributed by atoms with E-state index in [0.29, 0.717) is 18.4 Å². The Balaban J connectivity index is 1.82. The quantitative estimate of drug-likeness (QED) is 0.886. The summed E-state index contributed by atoms with van der Waals surface area (Å²) < 4.78 is 11.5. The lowest BCUT2D eigenvalue weighted by molar-refractivity contribution is 0.0669. The van der Waals surface area contributed by atoms with Crippen molar-refractivity contribution in [3.05, 3.63) is 10.9 Å². The van der Waals surface area contributed by atoms with Crippen molar-refractivity contribution in [1.82, 2.24) is 9.97 Å². The smallest absolute Gasteiger partial charge is 0.227 e. The van der Waals surface area contributed by atoms with Crippen LogP contribution in [0.15, 0.2) is 6.07 Å². The van der Waals surface area contributed by atoms with Gasteiger partial charge in [-0.05, 0) is 32.3 Å². The first-order valence-electron chi connectivity index (χ1n) is 7.52. The lowest BCUT2D eigenvalue weighted by atomic mass is 10.2. The maximum atomic E-state index is 5.93. The van der Waals surface area contributed by atoms with Gasteiger partial charge in [-0.2, -0.15) is 4.98 Å². The fraction of sp³-hybridized carbons (Fsp3) is 0.600. The van der Waals surface area contributed by atoms with E-state index in [4.69, 9.17) is 9.47 Å². The van der Waals surface area contributed by atoms with Crippen LogP contribution in [0.3, 0.4) is 0 Å². The summed E-state index contributed by atoms with van der Waals surface area (Å²) in [6, 6.07) is 2.09. The first kappa shape index (κ1) is 14.5. The molecule has 1 aliphatic rings. The summed E-state index contributed by atoms with van der Waals surface area (Å²) in [4.78, 5) is 11.3. The molecule has 6 heteroatoms. The largest absolute Gasteiger partial charge is 0.474 e. The molecule has 1 fully saturated rings. The minimum Gasteiger partial charge on any atom is -0.474 e. The van der Waals surface area contributed by atoms with Crippen LogP contribution in [0.25, 0.3) is 10.2 Å². The molecule has 3 heterocycles. The van der Waals surface area contributed by atoms with Gasteiger partial charge in [0.15, 0.2) is 0 Å². The number of thiophene rings is 1. The van der Waals surface area contributed by atoms with Gasteiger partial charge in [0, 0.05) is 18.0 Å². The number of nitrogens with zero attached hydrogens (tertiary/aromatic N) is 2. The van der Waals surface area contributed by atoms with Crippen molar-refractivity contribution in [2.24, 2.45) is 0 Å². The molecule has 114 valence electrons. The molecule has 0 spiro atoms. The molecule has 0 saturated carbocycles. The van der Waals surface area contributed by atoms with Crippen molar-refractivity contribution >= 4 is 27.5 Å². The standard InChI is InChI=1S/C15H21N3O2S/c1-3-6-16-15-17-13(20-9-11-5-4-7-19-11)12-8-10(2)21-14(12)18-15/h8,11H,3-7,9H2,1-2H3,(H,16,17,18). The van der Waals surface area contributed by atoms with Crippen molar-refractivity contribution in [1.29, 1.82) is 0 Å². The van der Waals surface area contributed by atoms with Gasteiger partial charge in [0.2, 0.25) is 11.8 Å². The van der Waals surface area contributed by atoms with E-state index in [0.717, 1.165) is 42.6 Å². The number of anilines is 1. The number of hydrogen-bond donors (Lipinski definition) is 1. The third-order valence-electron chi connectivity index (χ3n) is 3.44. The van der Waals surface area contributed by atoms with Gasteiger partial charge in [-0.25, -0.2) is 4.98 Å². The Morgan fingerprint density at radius 3 is 3.14 bits per heavy atom. The molecule has 3 rings (SSSR count). The summed E-state index contributed by atoms with van der Waals surface area (Å²) in [6.45, 7) is 6.47. The molecule has 5 nitrogen and oxygen atoms in total. The normalized spacial score (nSPS) is 18.3. The third-order valence-corrected chi connectivity index (χ3v) is 4.39. The Morgan fingerprint density at radius 1 is 1.48 bits per heavy atom. The summed E-state index contributed by atoms with van der Waals surface area (Å²) in [5.41, 5.74) is 0. The van der Waals surface area contributed by atoms with Gasteiger partial charge in [-0.1, -0.05) is 6.92 Å². The van der Waals surface area contributed by atoms with Gasteiger partial charge in [-0.15, -0.1) is 11.3 Å². The highest BCUT2D eigenvalue weighted by molar-refractivity contribution is 7.18. The van der Waals surface area contributed by atoms with Crippen LogP contribution < -0.4 is 10.1 Å². The predicted molar refractivity (Wildman–Crippen MR) is 85.4 cm³/mol. The van der Waals surface area contributed by atoms with E-state index in [-0.39, 0.29) is 6.10 Å². The van der Waals surface area contributed by atoms with E-state index in [1.165, 1.54) is 4.88 Å². The zero-order valence-electron chi connectivity index (χ0n) is 12.5. The summed E-state index contributed by atoms with van der Waals surface area (Å²) in [6.07, 6.45) is 3.42. The first-order chi connectivity index (χ1) is 10.3. The van der Waals surface area contributed by atoms with Crippen LogP contribution in [0, 0.1) is 6.92 Å². The van der Waals surface area contributed by atoms with Crippen molar-refractivity contribution in [2.75, 3.05) is 25.1 Å². The predicted octanol–water partition coefficient (Wildman–Crippen LogP) is 3.38. The number of aromatic nitrogens is 2. The summed E-state index contributed by atoms with van der Waals surface area (Å²) in [7, 11) is 0. The van der Waals surface area contributed by atoms with Gasteiger partial charge < -0.3 is 14.8 Å². The summed E-state index contributed by atoms with van der Waals surface area (Å²) in [5, 5.41) is 4.23. The lowest BCUT2D eigenvalue weighted by Gasteiger charge is -2.12. The van der Waals surface area contributed by atoms with Crippen LogP contribution in [-0.4, -0.2) is 35.8 Å². The molecule has 1 unspecified atom stereocenters. The fourth-order valence-corrected chi connectivity index (χ4v) is 3.26. The van der Waals surface area contributed by atoms with Crippen molar-refractivity contribution in [3.63, 3.8) is 0 Å². The maximum absolute atomic E-state index is 5.93. The highest BCUT2D eigenvalue weighted by Gasteiger charge is 2.18. The van der Waals surface area contributed by atoms with E-state index in [1.54, 1.807) is 11.3 Å². The second-order valence-electron chi connectivity index (χ2n) is 5.30. The molecular formula is C15H21N3O2S. The van der Waals surface area contributed by atoms with Gasteiger partial charge in [-0.3, -0.25) is 0 Å². The Kier molecular flexibility index (Phi) is 4.55. The van der Waals surface area contributed by atoms with Crippen LogP contribution in [0.4, 0.5) is 5.95 Å². The molecule has 0 bridgehead atoms. The van der Waals surface area contributed by atoms with E-state index in [2.05, 4.69) is 35.2 Å². The highest BCUT2D eigenvalue weighted by Crippen LogP contribution is 2.31. The SMILES string of the molecule is CCCNc1nc(OCC2CCCO2)c2cc(C)sc2n1. The van der Waals surface area contributed by atoms with Gasteiger partial charge in [0.25, 0.3) is 0 Å². The highest BCUT2D eigenvalue weighted by atomic mass is 32.1. The second-order valence-corrected chi connectivity index (χ2v) is 6.54. The molecular weight excluding hydrogens is 286 g/mol. The molecule has 1 N–H and O–H groups in total. The Bertz CT molecular complexity index is 608. The van der Waals surface area contributed by atoms with Gasteiger partial charge in [0.1, 0.15) is 11.4 Å². The lowest BCUT2D eigenvalue weighted by Crippen LogP contribution is -2.17. The minimum absolute atomic E-state index is 0.196. The van der Waals surface area contributed by atoms with Gasteiger partial charge in [0.05, 0.1) is 11.5 Å². The summed E-state index contributed by atoms with van der Waals surface area (Å²) >= 11 is 1.67. The van der Waals surface area contributed by atoms with Crippen LogP contribution in [0.2, 0.25) is 0 Å². The molecule has 21 heavy (non-hydrogen) atoms. The number of fused-ring (bicyclic) bond motifs is 1. The number of aryl methyl sites for hydroxylation is 1. The number of hydrogen-bond acceptors (Lipinski definition) is 6. The van der Waals surface area contributed by atoms with Crippen molar-refractivity contribution < 1.29 is 9.47 Å². The zero-order valence-corrected chi connectivity index (χ0v) is 13.3.